The molecule has 8 nitrogen and oxygen atoms in total. The third-order valence-electron chi connectivity index (χ3n) is 3.04. The first-order valence-corrected chi connectivity index (χ1v) is 6.20. The number of primary amides is 2. The summed E-state index contributed by atoms with van der Waals surface area (Å²) < 4.78 is 0. The fraction of sp³-hybridized carbons (Fsp3) is 0.727. The van der Waals surface area contributed by atoms with Crippen molar-refractivity contribution in [1.29, 1.82) is 0 Å². The van der Waals surface area contributed by atoms with Crippen LogP contribution < -0.4 is 17.2 Å². The van der Waals surface area contributed by atoms with Gasteiger partial charge in [-0.05, 0) is 12.8 Å². The van der Waals surface area contributed by atoms with Crippen LogP contribution in [-0.4, -0.2) is 66.3 Å². The molecule has 1 saturated heterocycles. The molecule has 0 aromatic carbocycles. The molecule has 0 aromatic heterocycles. The summed E-state index contributed by atoms with van der Waals surface area (Å²) in [5.41, 5.74) is 15.9. The number of rotatable bonds is 6. The Labute approximate surface area is 111 Å². The molecular formula is C11H21N5O3. The van der Waals surface area contributed by atoms with Crippen LogP contribution in [0.4, 0.5) is 0 Å². The van der Waals surface area contributed by atoms with E-state index in [0.29, 0.717) is 0 Å². The molecule has 1 aliphatic heterocycles. The molecule has 108 valence electrons. The summed E-state index contributed by atoms with van der Waals surface area (Å²) in [6.45, 7) is 1.01. The lowest BCUT2D eigenvalue weighted by atomic mass is 10.1. The van der Waals surface area contributed by atoms with Crippen LogP contribution in [0.25, 0.3) is 0 Å². The first kappa shape index (κ1) is 15.4. The van der Waals surface area contributed by atoms with Crippen molar-refractivity contribution in [2.75, 3.05) is 32.7 Å². The van der Waals surface area contributed by atoms with E-state index in [1.807, 2.05) is 4.90 Å². The molecule has 0 aliphatic carbocycles. The maximum absolute atomic E-state index is 12.0. The summed E-state index contributed by atoms with van der Waals surface area (Å²) in [4.78, 5) is 36.8. The van der Waals surface area contributed by atoms with Crippen molar-refractivity contribution in [2.45, 2.75) is 18.9 Å². The van der Waals surface area contributed by atoms with Crippen molar-refractivity contribution in [3.8, 4) is 0 Å². The van der Waals surface area contributed by atoms with Gasteiger partial charge in [0.25, 0.3) is 0 Å². The van der Waals surface area contributed by atoms with Crippen molar-refractivity contribution in [3.63, 3.8) is 0 Å². The van der Waals surface area contributed by atoms with E-state index in [-0.39, 0.29) is 31.6 Å². The van der Waals surface area contributed by atoms with E-state index in [4.69, 9.17) is 17.2 Å². The highest BCUT2D eigenvalue weighted by atomic mass is 16.2. The van der Waals surface area contributed by atoms with Gasteiger partial charge in [0.2, 0.25) is 17.7 Å². The minimum absolute atomic E-state index is 0.146. The minimum atomic E-state index is -0.671. The molecule has 1 fully saturated rings. The number of nitrogens with two attached hydrogens (primary N) is 3. The minimum Gasteiger partial charge on any atom is -0.368 e. The number of likely N-dealkylation sites (tertiary alicyclic amines) is 1. The van der Waals surface area contributed by atoms with Crippen LogP contribution in [0.15, 0.2) is 0 Å². The molecule has 6 N–H and O–H groups in total. The first-order chi connectivity index (χ1) is 8.88. The van der Waals surface area contributed by atoms with Crippen molar-refractivity contribution in [2.24, 2.45) is 17.2 Å². The van der Waals surface area contributed by atoms with Crippen LogP contribution in [0, 0.1) is 0 Å². The largest absolute Gasteiger partial charge is 0.368 e. The SMILES string of the molecule is NC(=O)CN(CC(N)=O)C(=O)CN1CCC(N)CC1. The number of hydrogen-bond donors (Lipinski definition) is 3. The van der Waals surface area contributed by atoms with Gasteiger partial charge in [0.05, 0.1) is 19.6 Å². The average molecular weight is 271 g/mol. The molecule has 1 rings (SSSR count). The van der Waals surface area contributed by atoms with Gasteiger partial charge in [0, 0.05) is 19.1 Å². The Morgan fingerprint density at radius 3 is 1.95 bits per heavy atom. The van der Waals surface area contributed by atoms with Gasteiger partial charge in [-0.15, -0.1) is 0 Å². The summed E-state index contributed by atoms with van der Waals surface area (Å²) in [5.74, 6) is -1.67. The second-order valence-corrected chi connectivity index (χ2v) is 4.80. The Morgan fingerprint density at radius 2 is 1.53 bits per heavy atom. The predicted molar refractivity (Wildman–Crippen MR) is 68.6 cm³/mol. The zero-order chi connectivity index (χ0) is 14.4. The van der Waals surface area contributed by atoms with Crippen molar-refractivity contribution < 1.29 is 14.4 Å². The Balaban J connectivity index is 2.51. The number of carbonyl (C=O) groups excluding carboxylic acids is 3. The molecule has 0 aromatic rings. The molecule has 8 heteroatoms. The second kappa shape index (κ2) is 7.05. The third kappa shape index (κ3) is 5.66. The summed E-state index contributed by atoms with van der Waals surface area (Å²) in [5, 5.41) is 0. The molecule has 1 aliphatic rings. The van der Waals surface area contributed by atoms with Gasteiger partial charge in [-0.2, -0.15) is 0 Å². The number of amides is 3. The van der Waals surface area contributed by atoms with Crippen molar-refractivity contribution in [1.82, 2.24) is 9.80 Å². The Morgan fingerprint density at radius 1 is 1.05 bits per heavy atom. The Hall–Kier alpha value is -1.67. The van der Waals surface area contributed by atoms with Gasteiger partial charge in [0.1, 0.15) is 0 Å². The van der Waals surface area contributed by atoms with E-state index in [9.17, 15) is 14.4 Å². The van der Waals surface area contributed by atoms with E-state index in [0.717, 1.165) is 30.8 Å². The van der Waals surface area contributed by atoms with E-state index >= 15 is 0 Å². The number of nitrogens with zero attached hydrogens (tertiary/aromatic N) is 2. The molecule has 0 spiro atoms. The monoisotopic (exact) mass is 271 g/mol. The lowest BCUT2D eigenvalue weighted by Crippen LogP contribution is -2.49. The maximum atomic E-state index is 12.0. The Bertz CT molecular complexity index is 336. The Kier molecular flexibility index (Phi) is 5.71. The van der Waals surface area contributed by atoms with Crippen molar-refractivity contribution in [3.05, 3.63) is 0 Å². The fourth-order valence-corrected chi connectivity index (χ4v) is 2.01. The summed E-state index contributed by atoms with van der Waals surface area (Å²) in [6.07, 6.45) is 1.66. The van der Waals surface area contributed by atoms with Crippen LogP contribution in [0.5, 0.6) is 0 Å². The summed E-state index contributed by atoms with van der Waals surface area (Å²) in [6, 6.07) is 0.179. The number of carbonyl (C=O) groups is 3. The molecule has 0 atom stereocenters. The summed E-state index contributed by atoms with van der Waals surface area (Å²) >= 11 is 0. The highest BCUT2D eigenvalue weighted by Crippen LogP contribution is 2.08. The first-order valence-electron chi connectivity index (χ1n) is 6.20. The normalized spacial score (nSPS) is 17.1. The van der Waals surface area contributed by atoms with Gasteiger partial charge in [0.15, 0.2) is 0 Å². The zero-order valence-corrected chi connectivity index (χ0v) is 10.9. The van der Waals surface area contributed by atoms with Crippen LogP contribution in [0.3, 0.4) is 0 Å². The molecule has 0 bridgehead atoms. The standard InChI is InChI=1S/C11H21N5O3/c12-8-1-3-15(4-2-8)7-11(19)16(5-9(13)17)6-10(14)18/h8H,1-7,12H2,(H2,13,17)(H2,14,18). The smallest absolute Gasteiger partial charge is 0.237 e. The average Bonchev–Trinajstić information content (AvgIpc) is 2.30. The quantitative estimate of drug-likeness (QED) is 0.479. The molecule has 19 heavy (non-hydrogen) atoms. The van der Waals surface area contributed by atoms with E-state index in [1.54, 1.807) is 0 Å². The second-order valence-electron chi connectivity index (χ2n) is 4.80. The summed E-state index contributed by atoms with van der Waals surface area (Å²) in [7, 11) is 0. The highest BCUT2D eigenvalue weighted by Gasteiger charge is 2.23. The van der Waals surface area contributed by atoms with Crippen LogP contribution >= 0.6 is 0 Å². The van der Waals surface area contributed by atoms with Gasteiger partial charge in [-0.25, -0.2) is 0 Å². The van der Waals surface area contributed by atoms with E-state index in [1.165, 1.54) is 0 Å². The van der Waals surface area contributed by atoms with Crippen LogP contribution in [0.2, 0.25) is 0 Å². The van der Waals surface area contributed by atoms with Crippen molar-refractivity contribution >= 4 is 17.7 Å². The topological polar surface area (TPSA) is 136 Å². The molecule has 0 saturated carbocycles. The fourth-order valence-electron chi connectivity index (χ4n) is 2.01. The maximum Gasteiger partial charge on any atom is 0.237 e. The number of piperidine rings is 1. The third-order valence-corrected chi connectivity index (χ3v) is 3.04. The molecule has 3 amide bonds. The van der Waals surface area contributed by atoms with Gasteiger partial charge >= 0.3 is 0 Å². The molecule has 0 radical (unpaired) electrons. The zero-order valence-electron chi connectivity index (χ0n) is 10.9. The number of hydrogen-bond acceptors (Lipinski definition) is 5. The molecule has 1 heterocycles. The lowest BCUT2D eigenvalue weighted by molar-refractivity contribution is -0.139. The van der Waals surface area contributed by atoms with E-state index < -0.39 is 11.8 Å². The van der Waals surface area contributed by atoms with Gasteiger partial charge in [-0.3, -0.25) is 19.3 Å². The van der Waals surface area contributed by atoms with Gasteiger partial charge in [-0.1, -0.05) is 0 Å². The molecule has 0 unspecified atom stereocenters. The predicted octanol–water partition coefficient (Wildman–Crippen LogP) is -2.79. The van der Waals surface area contributed by atoms with Gasteiger partial charge < -0.3 is 22.1 Å². The van der Waals surface area contributed by atoms with Crippen LogP contribution in [-0.2, 0) is 14.4 Å². The van der Waals surface area contributed by atoms with Crippen LogP contribution in [0.1, 0.15) is 12.8 Å². The highest BCUT2D eigenvalue weighted by molar-refractivity contribution is 5.88. The van der Waals surface area contributed by atoms with E-state index in [2.05, 4.69) is 0 Å². The molecular weight excluding hydrogens is 250 g/mol. The lowest BCUT2D eigenvalue weighted by Gasteiger charge is -2.31.